The summed E-state index contributed by atoms with van der Waals surface area (Å²) in [4.78, 5) is 0. The van der Waals surface area contributed by atoms with Crippen molar-refractivity contribution >= 4 is 10.0 Å². The number of ether oxygens (including phenoxy) is 2. The first-order valence-corrected chi connectivity index (χ1v) is 13.7. The zero-order valence-corrected chi connectivity index (χ0v) is 20.8. The van der Waals surface area contributed by atoms with E-state index < -0.39 is 32.5 Å². The number of sulfonamides is 1. The molecule has 0 spiro atoms. The molecule has 2 atom stereocenters. The molecule has 1 N–H and O–H groups in total. The first kappa shape index (κ1) is 26.2. The third kappa shape index (κ3) is 5.44. The number of aliphatic hydroxyl groups excluding tert-OH is 1. The Bertz CT molecular complexity index is 1110. The van der Waals surface area contributed by atoms with Crippen LogP contribution in [0, 0.1) is 11.6 Å². The lowest BCUT2D eigenvalue weighted by Gasteiger charge is -2.39. The van der Waals surface area contributed by atoms with E-state index in [2.05, 4.69) is 0 Å². The minimum Gasteiger partial charge on any atom is -0.396 e. The summed E-state index contributed by atoms with van der Waals surface area (Å²) in [6, 6.07) is 10.9. The van der Waals surface area contributed by atoms with Gasteiger partial charge >= 0.3 is 0 Å². The summed E-state index contributed by atoms with van der Waals surface area (Å²) in [5.74, 6) is -1.30. The molecule has 2 saturated heterocycles. The third-order valence-corrected chi connectivity index (χ3v) is 9.50. The molecular weight excluding hydrogens is 476 g/mol. The van der Waals surface area contributed by atoms with Crippen LogP contribution in [0.15, 0.2) is 42.5 Å². The lowest BCUT2D eigenvalue weighted by Crippen LogP contribution is -2.45. The van der Waals surface area contributed by atoms with Crippen molar-refractivity contribution in [3.63, 3.8) is 0 Å². The molecule has 0 amide bonds. The first-order chi connectivity index (χ1) is 16.8. The third-order valence-electron chi connectivity index (χ3n) is 7.13. The zero-order valence-electron chi connectivity index (χ0n) is 20.0. The average molecular weight is 510 g/mol. The van der Waals surface area contributed by atoms with Crippen LogP contribution in [0.2, 0.25) is 0 Å². The van der Waals surface area contributed by atoms with Crippen LogP contribution in [-0.2, 0) is 31.6 Å². The van der Waals surface area contributed by atoms with E-state index in [1.807, 2.05) is 6.07 Å². The van der Waals surface area contributed by atoms with Gasteiger partial charge in [-0.3, -0.25) is 0 Å². The van der Waals surface area contributed by atoms with Crippen LogP contribution in [0.1, 0.15) is 61.0 Å². The number of nitrogens with zero attached hydrogens (tertiary/aromatic N) is 1. The molecule has 192 valence electrons. The Balaban J connectivity index is 1.63. The summed E-state index contributed by atoms with van der Waals surface area (Å²) in [5.41, 5.74) is -0.239. The van der Waals surface area contributed by atoms with E-state index in [9.17, 15) is 8.42 Å². The number of hydrogen-bond acceptors (Lipinski definition) is 5. The van der Waals surface area contributed by atoms with Gasteiger partial charge in [0.2, 0.25) is 10.0 Å². The van der Waals surface area contributed by atoms with E-state index in [1.54, 1.807) is 31.2 Å². The Morgan fingerprint density at radius 3 is 2.51 bits per heavy atom. The summed E-state index contributed by atoms with van der Waals surface area (Å²) in [5, 5.41) is 8.39. The van der Waals surface area contributed by atoms with Crippen molar-refractivity contribution in [2.24, 2.45) is 0 Å². The summed E-state index contributed by atoms with van der Waals surface area (Å²) < 4.78 is 70.5. The summed E-state index contributed by atoms with van der Waals surface area (Å²) in [6.07, 6.45) is 2.23. The summed E-state index contributed by atoms with van der Waals surface area (Å²) in [7, 11) is -3.77. The molecule has 0 saturated carbocycles. The predicted octanol–water partition coefficient (Wildman–Crippen LogP) is 4.42. The monoisotopic (exact) mass is 509 g/mol. The minimum absolute atomic E-state index is 0.00652. The van der Waals surface area contributed by atoms with Gasteiger partial charge in [0.1, 0.15) is 22.5 Å². The van der Waals surface area contributed by atoms with Crippen molar-refractivity contribution < 1.29 is 31.8 Å². The fourth-order valence-electron chi connectivity index (χ4n) is 5.10. The van der Waals surface area contributed by atoms with Crippen LogP contribution in [0.5, 0.6) is 0 Å². The quantitative estimate of drug-likeness (QED) is 0.533. The predicted molar refractivity (Wildman–Crippen MR) is 128 cm³/mol. The molecule has 6 nitrogen and oxygen atoms in total. The molecule has 2 aromatic carbocycles. The standard InChI is InChI=1S/C26H33F2NO5S/c1-19-8-9-25(20-6-3-2-4-7-20)35(31,32)29(19)18-21-16-24(28)22(17-23(21)27)26(34-13-5-12-30)10-14-33-15-11-26/h2-4,6-7,16-17,19,25,30H,5,8-15,18H2,1H3/t19-,25+/m0/s1. The van der Waals surface area contributed by atoms with Gasteiger partial charge in [0.05, 0.1) is 0 Å². The Morgan fingerprint density at radius 1 is 1.11 bits per heavy atom. The van der Waals surface area contributed by atoms with Crippen LogP contribution in [0.3, 0.4) is 0 Å². The van der Waals surface area contributed by atoms with Crippen molar-refractivity contribution in [3.05, 3.63) is 70.8 Å². The lowest BCUT2D eigenvalue weighted by molar-refractivity contribution is -0.120. The van der Waals surface area contributed by atoms with Crippen LogP contribution < -0.4 is 0 Å². The Hall–Kier alpha value is -1.91. The molecule has 0 aromatic heterocycles. The van der Waals surface area contributed by atoms with Crippen LogP contribution in [-0.4, -0.2) is 50.3 Å². The first-order valence-electron chi connectivity index (χ1n) is 12.1. The molecule has 0 radical (unpaired) electrons. The number of rotatable bonds is 8. The van der Waals surface area contributed by atoms with Crippen molar-refractivity contribution in [1.29, 1.82) is 0 Å². The largest absolute Gasteiger partial charge is 0.396 e. The van der Waals surface area contributed by atoms with Gasteiger partial charge in [-0.15, -0.1) is 0 Å². The lowest BCUT2D eigenvalue weighted by atomic mass is 9.85. The molecule has 9 heteroatoms. The molecule has 2 aromatic rings. The fraction of sp³-hybridized carbons (Fsp3) is 0.538. The molecule has 0 unspecified atom stereocenters. The Labute approximate surface area is 205 Å². The van der Waals surface area contributed by atoms with Gasteiger partial charge in [0.15, 0.2) is 0 Å². The molecular formula is C26H33F2NO5S. The molecule has 2 heterocycles. The topological polar surface area (TPSA) is 76.1 Å². The molecule has 35 heavy (non-hydrogen) atoms. The highest BCUT2D eigenvalue weighted by molar-refractivity contribution is 7.89. The minimum atomic E-state index is -3.77. The summed E-state index contributed by atoms with van der Waals surface area (Å²) in [6.45, 7) is 2.42. The highest BCUT2D eigenvalue weighted by Gasteiger charge is 2.42. The average Bonchev–Trinajstić information content (AvgIpc) is 2.84. The van der Waals surface area contributed by atoms with E-state index >= 15 is 8.78 Å². The van der Waals surface area contributed by atoms with Crippen molar-refractivity contribution in [3.8, 4) is 0 Å². The maximum Gasteiger partial charge on any atom is 0.221 e. The normalized spacial score (nSPS) is 24.3. The Kier molecular flexibility index (Phi) is 8.23. The maximum absolute atomic E-state index is 15.4. The van der Waals surface area contributed by atoms with Crippen molar-refractivity contribution in [1.82, 2.24) is 4.31 Å². The van der Waals surface area contributed by atoms with Gasteiger partial charge in [-0.25, -0.2) is 17.2 Å². The van der Waals surface area contributed by atoms with Gasteiger partial charge in [-0.1, -0.05) is 30.3 Å². The molecule has 0 bridgehead atoms. The Morgan fingerprint density at radius 2 is 1.83 bits per heavy atom. The highest BCUT2D eigenvalue weighted by atomic mass is 32.2. The van der Waals surface area contributed by atoms with Crippen molar-refractivity contribution in [2.75, 3.05) is 26.4 Å². The van der Waals surface area contributed by atoms with Gasteiger partial charge < -0.3 is 14.6 Å². The number of aliphatic hydroxyl groups is 1. The summed E-state index contributed by atoms with van der Waals surface area (Å²) >= 11 is 0. The van der Waals surface area contributed by atoms with Gasteiger partial charge in [0, 0.05) is 63.0 Å². The van der Waals surface area contributed by atoms with Gasteiger partial charge in [-0.05, 0) is 43.9 Å². The van der Waals surface area contributed by atoms with E-state index in [-0.39, 0.29) is 36.9 Å². The van der Waals surface area contributed by atoms with E-state index in [0.29, 0.717) is 50.9 Å². The second-order valence-corrected chi connectivity index (χ2v) is 11.4. The molecule has 0 aliphatic carbocycles. The highest BCUT2D eigenvalue weighted by Crippen LogP contribution is 2.41. The van der Waals surface area contributed by atoms with E-state index in [1.165, 1.54) is 4.31 Å². The zero-order chi connectivity index (χ0) is 25.1. The second-order valence-electron chi connectivity index (χ2n) is 9.37. The molecule has 2 aliphatic heterocycles. The van der Waals surface area contributed by atoms with Crippen LogP contribution in [0.4, 0.5) is 8.78 Å². The maximum atomic E-state index is 15.4. The SMILES string of the molecule is C[C@H]1CC[C@H](c2ccccc2)S(=O)(=O)N1Cc1cc(F)c(C2(OCCCO)CCOCC2)cc1F. The smallest absolute Gasteiger partial charge is 0.221 e. The van der Waals surface area contributed by atoms with Crippen LogP contribution in [0.25, 0.3) is 0 Å². The number of hydrogen-bond donors (Lipinski definition) is 1. The van der Waals surface area contributed by atoms with E-state index in [0.717, 1.165) is 12.1 Å². The van der Waals surface area contributed by atoms with Gasteiger partial charge in [-0.2, -0.15) is 4.31 Å². The molecule has 4 rings (SSSR count). The number of benzene rings is 2. The van der Waals surface area contributed by atoms with Gasteiger partial charge in [0.25, 0.3) is 0 Å². The van der Waals surface area contributed by atoms with Crippen LogP contribution >= 0.6 is 0 Å². The molecule has 2 aliphatic rings. The van der Waals surface area contributed by atoms with Crippen molar-refractivity contribution in [2.45, 2.75) is 62.5 Å². The molecule has 2 fully saturated rings. The number of halogens is 2. The second kappa shape index (κ2) is 11.0. The fourth-order valence-corrected chi connectivity index (χ4v) is 7.29. The van der Waals surface area contributed by atoms with E-state index in [4.69, 9.17) is 14.6 Å².